The van der Waals surface area contributed by atoms with Gasteiger partial charge in [-0.2, -0.15) is 5.26 Å². The van der Waals surface area contributed by atoms with E-state index in [0.29, 0.717) is 0 Å². The molecule has 0 aliphatic heterocycles. The number of anilines is 1. The zero-order valence-corrected chi connectivity index (χ0v) is 10.2. The molecule has 0 saturated heterocycles. The quantitative estimate of drug-likeness (QED) is 0.886. The van der Waals surface area contributed by atoms with Gasteiger partial charge in [-0.1, -0.05) is 24.3 Å². The first-order valence-electron chi connectivity index (χ1n) is 5.92. The van der Waals surface area contributed by atoms with Crippen LogP contribution in [0.25, 0.3) is 0 Å². The summed E-state index contributed by atoms with van der Waals surface area (Å²) in [5, 5.41) is 12.5. The molecular weight excluding hydrogens is 222 g/mol. The molecule has 18 heavy (non-hydrogen) atoms. The number of hydrogen-bond donors (Lipinski definition) is 1. The first kappa shape index (κ1) is 12.1. The van der Waals surface area contributed by atoms with E-state index in [2.05, 4.69) is 16.4 Å². The summed E-state index contributed by atoms with van der Waals surface area (Å²) in [5.41, 5.74) is 2.03. The summed E-state index contributed by atoms with van der Waals surface area (Å²) in [6.45, 7) is 1.91. The number of nitrogens with one attached hydrogen (secondary N) is 1. The monoisotopic (exact) mass is 237 g/mol. The van der Waals surface area contributed by atoms with Crippen LogP contribution in [0.4, 0.5) is 5.69 Å². The highest BCUT2D eigenvalue weighted by molar-refractivity contribution is 5.45. The maximum absolute atomic E-state index is 9.13. The highest BCUT2D eigenvalue weighted by Gasteiger charge is 2.18. The summed E-state index contributed by atoms with van der Waals surface area (Å²) >= 11 is 0. The summed E-state index contributed by atoms with van der Waals surface area (Å²) in [6.07, 6.45) is 3.54. The minimum absolute atomic E-state index is 0.0499. The van der Waals surface area contributed by atoms with Gasteiger partial charge >= 0.3 is 0 Å². The molecule has 1 heterocycles. The maximum atomic E-state index is 9.13. The van der Waals surface area contributed by atoms with Crippen molar-refractivity contribution in [2.45, 2.75) is 13.0 Å². The van der Waals surface area contributed by atoms with Gasteiger partial charge in [0.1, 0.15) is 0 Å². The van der Waals surface area contributed by atoms with Crippen LogP contribution < -0.4 is 5.32 Å². The van der Waals surface area contributed by atoms with Gasteiger partial charge in [0.2, 0.25) is 0 Å². The van der Waals surface area contributed by atoms with Crippen molar-refractivity contribution >= 4 is 5.69 Å². The predicted molar refractivity (Wildman–Crippen MR) is 71.8 cm³/mol. The van der Waals surface area contributed by atoms with Crippen molar-refractivity contribution in [2.24, 2.45) is 5.92 Å². The van der Waals surface area contributed by atoms with E-state index >= 15 is 0 Å². The molecule has 1 aromatic carbocycles. The Kier molecular flexibility index (Phi) is 3.93. The fourth-order valence-corrected chi connectivity index (χ4v) is 1.85. The summed E-state index contributed by atoms with van der Waals surface area (Å²) in [5.74, 6) is -0.130. The number of aromatic nitrogens is 1. The zero-order chi connectivity index (χ0) is 12.8. The van der Waals surface area contributed by atoms with Crippen molar-refractivity contribution in [1.29, 1.82) is 5.26 Å². The van der Waals surface area contributed by atoms with E-state index in [1.165, 1.54) is 0 Å². The SMILES string of the molecule is C[C@@H](C#N)[C@H](Nc1ccccc1)c1cccnc1. The molecule has 90 valence electrons. The lowest BCUT2D eigenvalue weighted by Gasteiger charge is -2.22. The maximum Gasteiger partial charge on any atom is 0.0684 e. The Labute approximate surface area is 107 Å². The van der Waals surface area contributed by atoms with E-state index in [1.54, 1.807) is 12.4 Å². The fraction of sp³-hybridized carbons (Fsp3) is 0.200. The van der Waals surface area contributed by atoms with E-state index in [0.717, 1.165) is 11.3 Å². The van der Waals surface area contributed by atoms with Gasteiger partial charge in [0, 0.05) is 18.1 Å². The van der Waals surface area contributed by atoms with Gasteiger partial charge in [-0.15, -0.1) is 0 Å². The second kappa shape index (κ2) is 5.83. The second-order valence-electron chi connectivity index (χ2n) is 4.19. The third-order valence-corrected chi connectivity index (χ3v) is 2.84. The van der Waals surface area contributed by atoms with Crippen LogP contribution in [-0.4, -0.2) is 4.98 Å². The predicted octanol–water partition coefficient (Wildman–Crippen LogP) is 3.39. The van der Waals surface area contributed by atoms with Crippen molar-refractivity contribution in [2.75, 3.05) is 5.32 Å². The number of para-hydroxylation sites is 1. The summed E-state index contributed by atoms with van der Waals surface area (Å²) in [4.78, 5) is 4.11. The van der Waals surface area contributed by atoms with Crippen LogP contribution in [0, 0.1) is 17.2 Å². The summed E-state index contributed by atoms with van der Waals surface area (Å²) in [6, 6.07) is 16.0. The molecule has 0 aliphatic rings. The van der Waals surface area contributed by atoms with E-state index in [9.17, 15) is 0 Å². The lowest BCUT2D eigenvalue weighted by Crippen LogP contribution is -2.17. The van der Waals surface area contributed by atoms with E-state index in [-0.39, 0.29) is 12.0 Å². The molecule has 1 aromatic heterocycles. The molecule has 0 saturated carbocycles. The Morgan fingerprint density at radius 3 is 2.56 bits per heavy atom. The number of nitriles is 1. The van der Waals surface area contributed by atoms with E-state index in [4.69, 9.17) is 5.26 Å². The Morgan fingerprint density at radius 1 is 1.17 bits per heavy atom. The first-order chi connectivity index (χ1) is 8.81. The standard InChI is InChI=1S/C15H15N3/c1-12(10-16)15(13-6-5-9-17-11-13)18-14-7-3-2-4-8-14/h2-9,11-12,15,18H,1H3/t12-,15-/m0/s1. The van der Waals surface area contributed by atoms with E-state index < -0.39 is 0 Å². The minimum Gasteiger partial charge on any atom is -0.377 e. The van der Waals surface area contributed by atoms with Crippen molar-refractivity contribution in [3.63, 3.8) is 0 Å². The van der Waals surface area contributed by atoms with Gasteiger partial charge in [-0.3, -0.25) is 4.98 Å². The van der Waals surface area contributed by atoms with Crippen molar-refractivity contribution in [3.8, 4) is 6.07 Å². The molecule has 0 spiro atoms. The fourth-order valence-electron chi connectivity index (χ4n) is 1.85. The minimum atomic E-state index is -0.130. The highest BCUT2D eigenvalue weighted by Crippen LogP contribution is 2.25. The average Bonchev–Trinajstić information content (AvgIpc) is 2.46. The van der Waals surface area contributed by atoms with Crippen LogP contribution in [0.1, 0.15) is 18.5 Å². The number of benzene rings is 1. The van der Waals surface area contributed by atoms with Crippen molar-refractivity contribution in [1.82, 2.24) is 4.98 Å². The molecule has 0 bridgehead atoms. The molecule has 1 N–H and O–H groups in total. The molecule has 3 nitrogen and oxygen atoms in total. The molecule has 3 heteroatoms. The van der Waals surface area contributed by atoms with Crippen LogP contribution in [-0.2, 0) is 0 Å². The molecule has 0 fully saturated rings. The molecule has 0 unspecified atom stereocenters. The van der Waals surface area contributed by atoms with Crippen LogP contribution >= 0.6 is 0 Å². The van der Waals surface area contributed by atoms with Gasteiger partial charge in [0.05, 0.1) is 18.0 Å². The largest absolute Gasteiger partial charge is 0.377 e. The Morgan fingerprint density at radius 2 is 1.94 bits per heavy atom. The average molecular weight is 237 g/mol. The van der Waals surface area contributed by atoms with Gasteiger partial charge in [0.25, 0.3) is 0 Å². The lowest BCUT2D eigenvalue weighted by molar-refractivity contribution is 0.614. The van der Waals surface area contributed by atoms with Gasteiger partial charge in [0.15, 0.2) is 0 Å². The Bertz CT molecular complexity index is 516. The van der Waals surface area contributed by atoms with Gasteiger partial charge < -0.3 is 5.32 Å². The highest BCUT2D eigenvalue weighted by atomic mass is 14.9. The molecule has 0 amide bonds. The number of rotatable bonds is 4. The molecule has 2 atom stereocenters. The lowest BCUT2D eigenvalue weighted by atomic mass is 9.96. The van der Waals surface area contributed by atoms with Crippen LogP contribution in [0.5, 0.6) is 0 Å². The Balaban J connectivity index is 2.25. The normalized spacial score (nSPS) is 13.3. The topological polar surface area (TPSA) is 48.7 Å². The second-order valence-corrected chi connectivity index (χ2v) is 4.19. The van der Waals surface area contributed by atoms with Crippen LogP contribution in [0.3, 0.4) is 0 Å². The van der Waals surface area contributed by atoms with E-state index in [1.807, 2.05) is 49.4 Å². The van der Waals surface area contributed by atoms with Crippen molar-refractivity contribution < 1.29 is 0 Å². The smallest absolute Gasteiger partial charge is 0.0684 e. The molecule has 2 aromatic rings. The molecule has 2 rings (SSSR count). The van der Waals surface area contributed by atoms with Crippen LogP contribution in [0.15, 0.2) is 54.9 Å². The summed E-state index contributed by atoms with van der Waals surface area (Å²) < 4.78 is 0. The Hall–Kier alpha value is -2.34. The number of pyridine rings is 1. The third-order valence-electron chi connectivity index (χ3n) is 2.84. The van der Waals surface area contributed by atoms with Gasteiger partial charge in [-0.25, -0.2) is 0 Å². The molecule has 0 aliphatic carbocycles. The number of nitrogens with zero attached hydrogens (tertiary/aromatic N) is 2. The molecular formula is C15H15N3. The summed E-state index contributed by atoms with van der Waals surface area (Å²) in [7, 11) is 0. The number of hydrogen-bond acceptors (Lipinski definition) is 3. The third kappa shape index (κ3) is 2.86. The van der Waals surface area contributed by atoms with Crippen LogP contribution in [0.2, 0.25) is 0 Å². The van der Waals surface area contributed by atoms with Gasteiger partial charge in [-0.05, 0) is 30.7 Å². The van der Waals surface area contributed by atoms with Crippen molar-refractivity contribution in [3.05, 3.63) is 60.4 Å². The first-order valence-corrected chi connectivity index (χ1v) is 5.92. The zero-order valence-electron chi connectivity index (χ0n) is 10.2. The molecule has 0 radical (unpaired) electrons.